The van der Waals surface area contributed by atoms with Gasteiger partial charge in [0.1, 0.15) is 5.75 Å². The van der Waals surface area contributed by atoms with E-state index in [-0.39, 0.29) is 24.5 Å². The molecular formula is C24H31N3O4. The molecule has 0 saturated carbocycles. The van der Waals surface area contributed by atoms with Gasteiger partial charge in [0.25, 0.3) is 5.91 Å². The number of hydrogen-bond acceptors (Lipinski definition) is 5. The molecule has 3 rings (SSSR count). The standard InChI is InChI=1S/C24H31N3O4/c1-17(2)16-31-22-8-4-3-7-21(22)27-23(28)15-25-19-11-9-18(10-12-19)24(29)26-14-20-6-5-13-30-20/h3-4,7-12,17,20,25H,5-6,13-16H2,1-2H3,(H,26,29)(H,27,28). The summed E-state index contributed by atoms with van der Waals surface area (Å²) in [7, 11) is 0. The van der Waals surface area contributed by atoms with Gasteiger partial charge in [-0.25, -0.2) is 0 Å². The van der Waals surface area contributed by atoms with E-state index in [0.29, 0.717) is 36.1 Å². The Hall–Kier alpha value is -3.06. The summed E-state index contributed by atoms with van der Waals surface area (Å²) in [6, 6.07) is 14.4. The van der Waals surface area contributed by atoms with Crippen molar-refractivity contribution in [2.75, 3.05) is 36.9 Å². The van der Waals surface area contributed by atoms with Crippen LogP contribution in [-0.2, 0) is 9.53 Å². The lowest BCUT2D eigenvalue weighted by molar-refractivity contribution is -0.114. The monoisotopic (exact) mass is 425 g/mol. The van der Waals surface area contributed by atoms with E-state index in [9.17, 15) is 9.59 Å². The lowest BCUT2D eigenvalue weighted by atomic mass is 10.2. The van der Waals surface area contributed by atoms with Gasteiger partial charge < -0.3 is 25.4 Å². The first kappa shape index (κ1) is 22.6. The molecular weight excluding hydrogens is 394 g/mol. The van der Waals surface area contributed by atoms with Crippen LogP contribution in [0.25, 0.3) is 0 Å². The highest BCUT2D eigenvalue weighted by Gasteiger charge is 2.16. The molecule has 2 aromatic carbocycles. The molecule has 0 aliphatic carbocycles. The van der Waals surface area contributed by atoms with Gasteiger partial charge in [-0.05, 0) is 55.2 Å². The summed E-state index contributed by atoms with van der Waals surface area (Å²) in [6.45, 7) is 6.13. The maximum atomic E-state index is 12.4. The number of carbonyl (C=O) groups excluding carboxylic acids is 2. The summed E-state index contributed by atoms with van der Waals surface area (Å²) < 4.78 is 11.3. The van der Waals surface area contributed by atoms with E-state index < -0.39 is 0 Å². The summed E-state index contributed by atoms with van der Waals surface area (Å²) in [4.78, 5) is 24.6. The Balaban J connectivity index is 1.45. The second kappa shape index (κ2) is 11.4. The van der Waals surface area contributed by atoms with Crippen molar-refractivity contribution >= 4 is 23.2 Å². The number of amides is 2. The quantitative estimate of drug-likeness (QED) is 0.540. The Kier molecular flexibility index (Phi) is 8.29. The van der Waals surface area contributed by atoms with Gasteiger partial charge in [0.05, 0.1) is 24.9 Å². The number of benzene rings is 2. The highest BCUT2D eigenvalue weighted by atomic mass is 16.5. The van der Waals surface area contributed by atoms with Gasteiger partial charge in [-0.15, -0.1) is 0 Å². The van der Waals surface area contributed by atoms with Crippen LogP contribution in [0.4, 0.5) is 11.4 Å². The molecule has 166 valence electrons. The van der Waals surface area contributed by atoms with Crippen LogP contribution in [0.1, 0.15) is 37.0 Å². The van der Waals surface area contributed by atoms with Gasteiger partial charge in [-0.1, -0.05) is 26.0 Å². The van der Waals surface area contributed by atoms with Crippen LogP contribution < -0.4 is 20.7 Å². The Morgan fingerprint density at radius 1 is 1.13 bits per heavy atom. The van der Waals surface area contributed by atoms with Crippen LogP contribution >= 0.6 is 0 Å². The number of rotatable bonds is 10. The number of ether oxygens (including phenoxy) is 2. The smallest absolute Gasteiger partial charge is 0.251 e. The van der Waals surface area contributed by atoms with E-state index in [1.54, 1.807) is 24.3 Å². The van der Waals surface area contributed by atoms with E-state index >= 15 is 0 Å². The first-order valence-corrected chi connectivity index (χ1v) is 10.8. The maximum Gasteiger partial charge on any atom is 0.251 e. The van der Waals surface area contributed by atoms with Gasteiger partial charge in [0, 0.05) is 24.4 Å². The van der Waals surface area contributed by atoms with E-state index in [4.69, 9.17) is 9.47 Å². The number of para-hydroxylation sites is 2. The Morgan fingerprint density at radius 3 is 2.61 bits per heavy atom. The molecule has 1 atom stereocenters. The zero-order valence-corrected chi connectivity index (χ0v) is 18.1. The normalized spacial score (nSPS) is 15.5. The first-order valence-electron chi connectivity index (χ1n) is 10.8. The summed E-state index contributed by atoms with van der Waals surface area (Å²) >= 11 is 0. The number of anilines is 2. The molecule has 0 aromatic heterocycles. The van der Waals surface area contributed by atoms with Gasteiger partial charge in [-0.3, -0.25) is 9.59 Å². The van der Waals surface area contributed by atoms with E-state index in [1.807, 2.05) is 24.3 Å². The third-order valence-corrected chi connectivity index (χ3v) is 4.85. The van der Waals surface area contributed by atoms with Crippen molar-refractivity contribution in [2.45, 2.75) is 32.8 Å². The molecule has 0 bridgehead atoms. The van der Waals surface area contributed by atoms with Crippen LogP contribution in [0.2, 0.25) is 0 Å². The number of nitrogens with one attached hydrogen (secondary N) is 3. The summed E-state index contributed by atoms with van der Waals surface area (Å²) in [5.41, 5.74) is 1.98. The molecule has 1 aliphatic rings. The van der Waals surface area contributed by atoms with Crippen molar-refractivity contribution in [1.29, 1.82) is 0 Å². The third kappa shape index (κ3) is 7.29. The molecule has 1 fully saturated rings. The molecule has 7 nitrogen and oxygen atoms in total. The van der Waals surface area contributed by atoms with E-state index in [0.717, 1.165) is 25.1 Å². The van der Waals surface area contributed by atoms with Crippen molar-refractivity contribution in [3.8, 4) is 5.75 Å². The Bertz CT molecular complexity index is 861. The third-order valence-electron chi connectivity index (χ3n) is 4.85. The fourth-order valence-electron chi connectivity index (χ4n) is 3.18. The van der Waals surface area contributed by atoms with Crippen LogP contribution in [0.5, 0.6) is 5.75 Å². The van der Waals surface area contributed by atoms with Crippen LogP contribution in [-0.4, -0.2) is 44.2 Å². The molecule has 1 aliphatic heterocycles. The molecule has 2 aromatic rings. The largest absolute Gasteiger partial charge is 0.491 e. The van der Waals surface area contributed by atoms with Crippen molar-refractivity contribution in [3.05, 3.63) is 54.1 Å². The maximum absolute atomic E-state index is 12.4. The minimum atomic E-state index is -0.181. The minimum absolute atomic E-state index is 0.100. The predicted molar refractivity (Wildman–Crippen MR) is 122 cm³/mol. The topological polar surface area (TPSA) is 88.7 Å². The van der Waals surface area contributed by atoms with E-state index in [2.05, 4.69) is 29.8 Å². The average Bonchev–Trinajstić information content (AvgIpc) is 3.29. The fourth-order valence-corrected chi connectivity index (χ4v) is 3.18. The molecule has 0 spiro atoms. The van der Waals surface area contributed by atoms with Crippen molar-refractivity contribution in [1.82, 2.24) is 5.32 Å². The molecule has 1 unspecified atom stereocenters. The zero-order valence-electron chi connectivity index (χ0n) is 18.1. The van der Waals surface area contributed by atoms with Crippen molar-refractivity contribution < 1.29 is 19.1 Å². The fraction of sp³-hybridized carbons (Fsp3) is 0.417. The molecule has 7 heteroatoms. The molecule has 0 radical (unpaired) electrons. The molecule has 2 amide bonds. The molecule has 31 heavy (non-hydrogen) atoms. The van der Waals surface area contributed by atoms with Crippen molar-refractivity contribution in [3.63, 3.8) is 0 Å². The van der Waals surface area contributed by atoms with Gasteiger partial charge in [0.2, 0.25) is 5.91 Å². The number of carbonyl (C=O) groups is 2. The Morgan fingerprint density at radius 2 is 1.90 bits per heavy atom. The molecule has 1 saturated heterocycles. The highest BCUT2D eigenvalue weighted by Crippen LogP contribution is 2.24. The van der Waals surface area contributed by atoms with Crippen LogP contribution in [0.15, 0.2) is 48.5 Å². The van der Waals surface area contributed by atoms with Crippen LogP contribution in [0.3, 0.4) is 0 Å². The highest BCUT2D eigenvalue weighted by molar-refractivity contribution is 5.96. The summed E-state index contributed by atoms with van der Waals surface area (Å²) in [5, 5.41) is 8.85. The Labute approximate surface area is 183 Å². The SMILES string of the molecule is CC(C)COc1ccccc1NC(=O)CNc1ccc(C(=O)NCC2CCCO2)cc1. The van der Waals surface area contributed by atoms with Gasteiger partial charge in [-0.2, -0.15) is 0 Å². The van der Waals surface area contributed by atoms with Gasteiger partial charge >= 0.3 is 0 Å². The lowest BCUT2D eigenvalue weighted by Gasteiger charge is -2.14. The lowest BCUT2D eigenvalue weighted by Crippen LogP contribution is -2.31. The second-order valence-corrected chi connectivity index (χ2v) is 8.03. The summed E-state index contributed by atoms with van der Waals surface area (Å²) in [6.07, 6.45) is 2.15. The van der Waals surface area contributed by atoms with Crippen molar-refractivity contribution in [2.24, 2.45) is 5.92 Å². The average molecular weight is 426 g/mol. The first-order chi connectivity index (χ1) is 15.0. The zero-order chi connectivity index (χ0) is 22.1. The minimum Gasteiger partial charge on any atom is -0.491 e. The van der Waals surface area contributed by atoms with Crippen LogP contribution in [0, 0.1) is 5.92 Å². The van der Waals surface area contributed by atoms with Gasteiger partial charge in [0.15, 0.2) is 0 Å². The predicted octanol–water partition coefficient (Wildman–Crippen LogP) is 3.68. The number of hydrogen-bond donors (Lipinski definition) is 3. The summed E-state index contributed by atoms with van der Waals surface area (Å²) in [5.74, 6) is 0.742. The van der Waals surface area contributed by atoms with E-state index in [1.165, 1.54) is 0 Å². The molecule has 1 heterocycles. The second-order valence-electron chi connectivity index (χ2n) is 8.03. The molecule has 3 N–H and O–H groups in total.